The Balaban J connectivity index is 2.37. The number of hydrogen-bond donors (Lipinski definition) is 2. The fourth-order valence-electron chi connectivity index (χ4n) is 3.21. The van der Waals surface area contributed by atoms with Gasteiger partial charge in [0.1, 0.15) is 0 Å². The third-order valence-electron chi connectivity index (χ3n) is 4.66. The molecule has 0 bridgehead atoms. The molecule has 0 heterocycles. The molecular weight excluding hydrogens is 270 g/mol. The van der Waals surface area contributed by atoms with E-state index in [2.05, 4.69) is 38.1 Å². The summed E-state index contributed by atoms with van der Waals surface area (Å²) in [6.07, 6.45) is 5.73. The molecule has 0 saturated carbocycles. The van der Waals surface area contributed by atoms with E-state index in [-0.39, 0.29) is 6.04 Å². The van der Waals surface area contributed by atoms with Crippen molar-refractivity contribution in [3.63, 3.8) is 0 Å². The summed E-state index contributed by atoms with van der Waals surface area (Å²) in [5.41, 5.74) is 6.82. The molecule has 0 amide bonds. The van der Waals surface area contributed by atoms with Crippen molar-refractivity contribution in [3.8, 4) is 0 Å². The Hall–Kier alpha value is -1.38. The zero-order valence-corrected chi connectivity index (χ0v) is 13.9. The average molecular weight is 299 g/mol. The highest BCUT2D eigenvalue weighted by molar-refractivity contribution is 5.86. The molecule has 0 aliphatic rings. The fraction of sp³-hybridized carbons (Fsp3) is 0.500. The summed E-state index contributed by atoms with van der Waals surface area (Å²) in [5.74, 6) is 0. The summed E-state index contributed by atoms with van der Waals surface area (Å²) in [6, 6.07) is 14.1. The molecule has 2 aromatic rings. The molecule has 0 aromatic heterocycles. The Morgan fingerprint density at radius 2 is 1.55 bits per heavy atom. The number of unbranched alkanes of at least 4 members (excludes halogenated alkanes) is 2. The normalized spacial score (nSPS) is 13.5. The molecule has 3 N–H and O–H groups in total. The second-order valence-corrected chi connectivity index (χ2v) is 6.36. The zero-order chi connectivity index (χ0) is 16.0. The van der Waals surface area contributed by atoms with E-state index in [0.717, 1.165) is 49.5 Å². The molecule has 0 saturated heterocycles. The summed E-state index contributed by atoms with van der Waals surface area (Å²) in [6.45, 7) is 4.31. The van der Waals surface area contributed by atoms with Crippen molar-refractivity contribution in [2.75, 3.05) is 0 Å². The SMILES string of the molecule is CCCCC(O)(CCCC)[C@H](N)c1cccc2ccccc12. The van der Waals surface area contributed by atoms with Gasteiger partial charge in [0.05, 0.1) is 11.6 Å². The lowest BCUT2D eigenvalue weighted by Gasteiger charge is -2.35. The van der Waals surface area contributed by atoms with E-state index in [1.807, 2.05) is 18.2 Å². The largest absolute Gasteiger partial charge is 0.388 e. The third-order valence-corrected chi connectivity index (χ3v) is 4.66. The van der Waals surface area contributed by atoms with Gasteiger partial charge in [-0.2, -0.15) is 0 Å². The highest BCUT2D eigenvalue weighted by Crippen LogP contribution is 2.36. The minimum Gasteiger partial charge on any atom is -0.388 e. The first-order valence-corrected chi connectivity index (χ1v) is 8.58. The van der Waals surface area contributed by atoms with Crippen LogP contribution < -0.4 is 5.73 Å². The third kappa shape index (κ3) is 3.68. The Bertz CT molecular complexity index is 580. The van der Waals surface area contributed by atoms with E-state index in [4.69, 9.17) is 5.73 Å². The van der Waals surface area contributed by atoms with Gasteiger partial charge in [0.15, 0.2) is 0 Å². The monoisotopic (exact) mass is 299 g/mol. The average Bonchev–Trinajstić information content (AvgIpc) is 2.57. The van der Waals surface area contributed by atoms with Gasteiger partial charge in [0.25, 0.3) is 0 Å². The van der Waals surface area contributed by atoms with E-state index in [0.29, 0.717) is 0 Å². The van der Waals surface area contributed by atoms with E-state index >= 15 is 0 Å². The molecule has 22 heavy (non-hydrogen) atoms. The molecule has 0 radical (unpaired) electrons. The van der Waals surface area contributed by atoms with Crippen LogP contribution in [0.2, 0.25) is 0 Å². The van der Waals surface area contributed by atoms with Crippen molar-refractivity contribution in [3.05, 3.63) is 48.0 Å². The molecule has 2 aromatic carbocycles. The van der Waals surface area contributed by atoms with Crippen molar-refractivity contribution < 1.29 is 5.11 Å². The smallest absolute Gasteiger partial charge is 0.0839 e. The predicted molar refractivity (Wildman–Crippen MR) is 94.9 cm³/mol. The minimum absolute atomic E-state index is 0.336. The van der Waals surface area contributed by atoms with Gasteiger partial charge < -0.3 is 10.8 Å². The summed E-state index contributed by atoms with van der Waals surface area (Å²) in [4.78, 5) is 0. The second-order valence-electron chi connectivity index (χ2n) is 6.36. The molecule has 0 aliphatic heterocycles. The number of fused-ring (bicyclic) bond motifs is 1. The highest BCUT2D eigenvalue weighted by Gasteiger charge is 2.34. The van der Waals surface area contributed by atoms with Gasteiger partial charge in [-0.25, -0.2) is 0 Å². The Morgan fingerprint density at radius 3 is 2.18 bits per heavy atom. The highest BCUT2D eigenvalue weighted by atomic mass is 16.3. The predicted octanol–water partition coefficient (Wildman–Crippen LogP) is 4.95. The Kier molecular flexibility index (Phi) is 5.98. The molecule has 0 fully saturated rings. The maximum Gasteiger partial charge on any atom is 0.0839 e. The van der Waals surface area contributed by atoms with Crippen molar-refractivity contribution in [1.29, 1.82) is 0 Å². The van der Waals surface area contributed by atoms with Crippen molar-refractivity contribution in [2.45, 2.75) is 64.0 Å². The molecule has 0 spiro atoms. The van der Waals surface area contributed by atoms with Crippen LogP contribution in [0.15, 0.2) is 42.5 Å². The maximum absolute atomic E-state index is 11.2. The molecule has 2 heteroatoms. The van der Waals surface area contributed by atoms with Crippen LogP contribution in [0.4, 0.5) is 0 Å². The Morgan fingerprint density at radius 1 is 0.955 bits per heavy atom. The minimum atomic E-state index is -0.809. The lowest BCUT2D eigenvalue weighted by Crippen LogP contribution is -2.41. The molecule has 120 valence electrons. The lowest BCUT2D eigenvalue weighted by atomic mass is 9.80. The van der Waals surface area contributed by atoms with Crippen molar-refractivity contribution >= 4 is 10.8 Å². The quantitative estimate of drug-likeness (QED) is 0.724. The van der Waals surface area contributed by atoms with Gasteiger partial charge in [-0.3, -0.25) is 0 Å². The zero-order valence-electron chi connectivity index (χ0n) is 13.9. The van der Waals surface area contributed by atoms with Crippen LogP contribution in [-0.2, 0) is 0 Å². The maximum atomic E-state index is 11.2. The van der Waals surface area contributed by atoms with Crippen molar-refractivity contribution in [1.82, 2.24) is 0 Å². The van der Waals surface area contributed by atoms with Crippen LogP contribution in [0.3, 0.4) is 0 Å². The number of hydrogen-bond acceptors (Lipinski definition) is 2. The molecule has 1 atom stereocenters. The molecule has 0 unspecified atom stereocenters. The summed E-state index contributed by atoms with van der Waals surface area (Å²) >= 11 is 0. The van der Waals surface area contributed by atoms with Gasteiger partial charge in [-0.15, -0.1) is 0 Å². The first-order chi connectivity index (χ1) is 10.6. The van der Waals surface area contributed by atoms with Gasteiger partial charge >= 0.3 is 0 Å². The first kappa shape index (κ1) is 17.0. The number of rotatable bonds is 8. The van der Waals surface area contributed by atoms with Crippen LogP contribution in [0, 0.1) is 0 Å². The lowest BCUT2D eigenvalue weighted by molar-refractivity contribution is -0.00664. The topological polar surface area (TPSA) is 46.2 Å². The van der Waals surface area contributed by atoms with Crippen LogP contribution >= 0.6 is 0 Å². The number of nitrogens with two attached hydrogens (primary N) is 1. The molecule has 2 nitrogen and oxygen atoms in total. The van der Waals surface area contributed by atoms with Gasteiger partial charge in [0.2, 0.25) is 0 Å². The van der Waals surface area contributed by atoms with E-state index in [9.17, 15) is 5.11 Å². The summed E-state index contributed by atoms with van der Waals surface area (Å²) in [7, 11) is 0. The fourth-order valence-corrected chi connectivity index (χ4v) is 3.21. The molecular formula is C20H29NO. The van der Waals surface area contributed by atoms with Gasteiger partial charge in [-0.1, -0.05) is 82.0 Å². The number of aliphatic hydroxyl groups is 1. The van der Waals surface area contributed by atoms with E-state index < -0.39 is 5.60 Å². The molecule has 2 rings (SSSR count). The summed E-state index contributed by atoms with van der Waals surface area (Å²) in [5, 5.41) is 13.6. The van der Waals surface area contributed by atoms with Gasteiger partial charge in [0, 0.05) is 0 Å². The Labute approximate surface area is 134 Å². The number of benzene rings is 2. The van der Waals surface area contributed by atoms with Crippen molar-refractivity contribution in [2.24, 2.45) is 5.73 Å². The standard InChI is InChI=1S/C20H29NO/c1-3-5-14-20(22,15-6-4-2)19(21)18-13-9-11-16-10-7-8-12-17(16)18/h7-13,19,22H,3-6,14-15,21H2,1-2H3/t19-/m1/s1. The van der Waals surface area contributed by atoms with Crippen LogP contribution in [0.5, 0.6) is 0 Å². The van der Waals surface area contributed by atoms with E-state index in [1.54, 1.807) is 0 Å². The van der Waals surface area contributed by atoms with Crippen LogP contribution in [0.25, 0.3) is 10.8 Å². The van der Waals surface area contributed by atoms with E-state index in [1.165, 1.54) is 5.39 Å². The van der Waals surface area contributed by atoms with Gasteiger partial charge in [-0.05, 0) is 29.2 Å². The van der Waals surface area contributed by atoms with Crippen LogP contribution in [-0.4, -0.2) is 10.7 Å². The first-order valence-electron chi connectivity index (χ1n) is 8.58. The second kappa shape index (κ2) is 7.75. The van der Waals surface area contributed by atoms with Crippen LogP contribution in [0.1, 0.15) is 64.0 Å². The summed E-state index contributed by atoms with van der Waals surface area (Å²) < 4.78 is 0. The molecule has 0 aliphatic carbocycles.